The van der Waals surface area contributed by atoms with E-state index in [0.717, 1.165) is 27.7 Å². The van der Waals surface area contributed by atoms with Gasteiger partial charge in [-0.1, -0.05) is 23.9 Å². The van der Waals surface area contributed by atoms with Crippen LogP contribution in [-0.2, 0) is 4.79 Å². The van der Waals surface area contributed by atoms with E-state index in [1.807, 2.05) is 35.8 Å². The minimum atomic E-state index is -0.876. The van der Waals surface area contributed by atoms with Crippen molar-refractivity contribution in [1.82, 2.24) is 14.8 Å². The zero-order valence-corrected chi connectivity index (χ0v) is 11.9. The van der Waals surface area contributed by atoms with Crippen LogP contribution in [0.3, 0.4) is 0 Å². The number of hydrogen-bond acceptors (Lipinski definition) is 4. The predicted octanol–water partition coefficient (Wildman–Crippen LogP) is 2.51. The summed E-state index contributed by atoms with van der Waals surface area (Å²) in [6, 6.07) is 7.66. The van der Waals surface area contributed by atoms with E-state index >= 15 is 0 Å². The predicted molar refractivity (Wildman–Crippen MR) is 72.2 cm³/mol. The molecule has 0 bridgehead atoms. The Kier molecular flexibility index (Phi) is 4.03. The smallest absolute Gasteiger partial charge is 0.313 e. The molecule has 18 heavy (non-hydrogen) atoms. The van der Waals surface area contributed by atoms with Crippen LogP contribution in [0.1, 0.15) is 5.82 Å². The Morgan fingerprint density at radius 1 is 1.44 bits per heavy atom. The van der Waals surface area contributed by atoms with Crippen molar-refractivity contribution in [2.75, 3.05) is 5.75 Å². The fourth-order valence-electron chi connectivity index (χ4n) is 1.47. The molecule has 0 radical (unpaired) electrons. The highest BCUT2D eigenvalue weighted by atomic mass is 79.9. The van der Waals surface area contributed by atoms with Gasteiger partial charge >= 0.3 is 5.97 Å². The largest absolute Gasteiger partial charge is 0.481 e. The van der Waals surface area contributed by atoms with E-state index in [1.54, 1.807) is 0 Å². The number of thioether (sulfide) groups is 1. The lowest BCUT2D eigenvalue weighted by Crippen LogP contribution is -2.03. The summed E-state index contributed by atoms with van der Waals surface area (Å²) in [5.41, 5.74) is 0.896. The molecule has 2 rings (SSSR count). The minimum Gasteiger partial charge on any atom is -0.481 e. The molecule has 0 saturated heterocycles. The minimum absolute atomic E-state index is 0.0391. The van der Waals surface area contributed by atoms with E-state index in [2.05, 4.69) is 26.1 Å². The molecule has 0 fully saturated rings. The summed E-state index contributed by atoms with van der Waals surface area (Å²) < 4.78 is 2.74. The third kappa shape index (κ3) is 2.73. The summed E-state index contributed by atoms with van der Waals surface area (Å²) in [6.07, 6.45) is 0. The van der Waals surface area contributed by atoms with E-state index in [1.165, 1.54) is 0 Å². The maximum atomic E-state index is 10.6. The number of benzene rings is 1. The molecule has 7 heteroatoms. The van der Waals surface area contributed by atoms with Gasteiger partial charge in [0, 0.05) is 4.47 Å². The summed E-state index contributed by atoms with van der Waals surface area (Å²) >= 11 is 4.61. The monoisotopic (exact) mass is 327 g/mol. The van der Waals surface area contributed by atoms with Gasteiger partial charge in [-0.15, -0.1) is 10.2 Å². The highest BCUT2D eigenvalue weighted by molar-refractivity contribution is 9.10. The quantitative estimate of drug-likeness (QED) is 0.874. The van der Waals surface area contributed by atoms with Crippen LogP contribution in [0.15, 0.2) is 33.9 Å². The van der Waals surface area contributed by atoms with Gasteiger partial charge in [0.15, 0.2) is 5.16 Å². The van der Waals surface area contributed by atoms with Crippen LogP contribution in [0, 0.1) is 6.92 Å². The van der Waals surface area contributed by atoms with Gasteiger partial charge in [0.05, 0.1) is 11.4 Å². The third-order valence-electron chi connectivity index (χ3n) is 2.21. The number of rotatable bonds is 4. The van der Waals surface area contributed by atoms with Crippen LogP contribution in [0.5, 0.6) is 0 Å². The number of halogens is 1. The van der Waals surface area contributed by atoms with Gasteiger partial charge in [0.25, 0.3) is 0 Å². The van der Waals surface area contributed by atoms with Crippen molar-refractivity contribution in [3.05, 3.63) is 34.6 Å². The van der Waals surface area contributed by atoms with Crippen molar-refractivity contribution in [2.24, 2.45) is 0 Å². The van der Waals surface area contributed by atoms with Gasteiger partial charge in [-0.3, -0.25) is 9.36 Å². The van der Waals surface area contributed by atoms with E-state index in [9.17, 15) is 4.79 Å². The second kappa shape index (κ2) is 5.53. The molecule has 0 spiro atoms. The normalized spacial score (nSPS) is 10.6. The van der Waals surface area contributed by atoms with Crippen molar-refractivity contribution in [3.63, 3.8) is 0 Å². The standard InChI is InChI=1S/C11H10BrN3O2S/c1-7-13-14-11(18-6-10(16)17)15(7)9-5-3-2-4-8(9)12/h2-5H,6H2,1H3,(H,16,17). The molecule has 0 amide bonds. The zero-order valence-electron chi connectivity index (χ0n) is 9.50. The van der Waals surface area contributed by atoms with Gasteiger partial charge in [0.2, 0.25) is 0 Å². The lowest BCUT2D eigenvalue weighted by atomic mass is 10.3. The maximum Gasteiger partial charge on any atom is 0.313 e. The first-order chi connectivity index (χ1) is 8.59. The maximum absolute atomic E-state index is 10.6. The van der Waals surface area contributed by atoms with Crippen molar-refractivity contribution in [3.8, 4) is 5.69 Å². The summed E-state index contributed by atoms with van der Waals surface area (Å²) in [5, 5.41) is 17.3. The fraction of sp³-hybridized carbons (Fsp3) is 0.182. The second-order valence-electron chi connectivity index (χ2n) is 3.50. The van der Waals surface area contributed by atoms with Crippen molar-refractivity contribution < 1.29 is 9.90 Å². The molecule has 94 valence electrons. The molecule has 0 aliphatic rings. The van der Waals surface area contributed by atoms with Crippen molar-refractivity contribution >= 4 is 33.7 Å². The number of carbonyl (C=O) groups is 1. The molecule has 0 unspecified atom stereocenters. The molecule has 0 saturated carbocycles. The number of carboxylic acid groups (broad SMARTS) is 1. The molecule has 1 aromatic heterocycles. The Labute approximate surface area is 116 Å². The third-order valence-corrected chi connectivity index (χ3v) is 3.80. The fourth-order valence-corrected chi connectivity index (χ4v) is 2.65. The molecule has 0 atom stereocenters. The van der Waals surface area contributed by atoms with E-state index in [-0.39, 0.29) is 5.75 Å². The van der Waals surface area contributed by atoms with Crippen LogP contribution >= 0.6 is 27.7 Å². The Morgan fingerprint density at radius 2 is 2.17 bits per heavy atom. The van der Waals surface area contributed by atoms with Crippen LogP contribution in [0.25, 0.3) is 5.69 Å². The molecule has 1 N–H and O–H groups in total. The average Bonchev–Trinajstić information content (AvgIpc) is 2.69. The van der Waals surface area contributed by atoms with Gasteiger partial charge in [-0.2, -0.15) is 0 Å². The number of aliphatic carboxylic acids is 1. The number of aryl methyl sites for hydroxylation is 1. The Bertz CT molecular complexity index is 585. The molecule has 0 aliphatic heterocycles. The molecule has 0 aliphatic carbocycles. The highest BCUT2D eigenvalue weighted by Crippen LogP contribution is 2.26. The van der Waals surface area contributed by atoms with Crippen LogP contribution in [0.4, 0.5) is 0 Å². The first-order valence-corrected chi connectivity index (χ1v) is 6.89. The number of hydrogen-bond donors (Lipinski definition) is 1. The number of nitrogens with zero attached hydrogens (tertiary/aromatic N) is 3. The number of aromatic nitrogens is 3. The van der Waals surface area contributed by atoms with E-state index < -0.39 is 5.97 Å². The lowest BCUT2D eigenvalue weighted by Gasteiger charge is -2.09. The summed E-state index contributed by atoms with van der Waals surface area (Å²) in [7, 11) is 0. The number of para-hydroxylation sites is 1. The SMILES string of the molecule is Cc1nnc(SCC(=O)O)n1-c1ccccc1Br. The topological polar surface area (TPSA) is 68.0 Å². The van der Waals surface area contributed by atoms with Crippen LogP contribution in [0.2, 0.25) is 0 Å². The Morgan fingerprint density at radius 3 is 2.83 bits per heavy atom. The number of carboxylic acids is 1. The van der Waals surface area contributed by atoms with Gasteiger partial charge in [-0.05, 0) is 35.0 Å². The molecule has 2 aromatic rings. The summed E-state index contributed by atoms with van der Waals surface area (Å²) in [5.74, 6) is -0.197. The summed E-state index contributed by atoms with van der Waals surface area (Å²) in [6.45, 7) is 1.83. The van der Waals surface area contributed by atoms with Gasteiger partial charge < -0.3 is 5.11 Å². The second-order valence-corrected chi connectivity index (χ2v) is 5.30. The van der Waals surface area contributed by atoms with Crippen LogP contribution in [-0.4, -0.2) is 31.6 Å². The van der Waals surface area contributed by atoms with Crippen molar-refractivity contribution in [1.29, 1.82) is 0 Å². The van der Waals surface area contributed by atoms with E-state index in [0.29, 0.717) is 5.16 Å². The summed E-state index contributed by atoms with van der Waals surface area (Å²) in [4.78, 5) is 10.6. The Balaban J connectivity index is 2.41. The average molecular weight is 328 g/mol. The van der Waals surface area contributed by atoms with Crippen molar-refractivity contribution in [2.45, 2.75) is 12.1 Å². The first-order valence-electron chi connectivity index (χ1n) is 5.11. The first kappa shape index (κ1) is 13.1. The van der Waals surface area contributed by atoms with E-state index in [4.69, 9.17) is 5.11 Å². The lowest BCUT2D eigenvalue weighted by molar-refractivity contribution is -0.133. The Hall–Kier alpha value is -1.34. The molecule has 1 aromatic carbocycles. The zero-order chi connectivity index (χ0) is 13.1. The molecular weight excluding hydrogens is 318 g/mol. The molecular formula is C11H10BrN3O2S. The highest BCUT2D eigenvalue weighted by Gasteiger charge is 2.14. The molecule has 1 heterocycles. The van der Waals surface area contributed by atoms with Gasteiger partial charge in [-0.25, -0.2) is 0 Å². The van der Waals surface area contributed by atoms with Gasteiger partial charge in [0.1, 0.15) is 5.82 Å². The van der Waals surface area contributed by atoms with Crippen LogP contribution < -0.4 is 0 Å². The molecule has 5 nitrogen and oxygen atoms in total.